The van der Waals surface area contributed by atoms with Crippen LogP contribution >= 0.6 is 0 Å². The first-order chi connectivity index (χ1) is 12.1. The summed E-state index contributed by atoms with van der Waals surface area (Å²) in [4.78, 5) is 12.4. The Labute approximate surface area is 145 Å². The second-order valence-corrected chi connectivity index (χ2v) is 5.35. The molecule has 0 bridgehead atoms. The number of hydrogen-bond donors (Lipinski definition) is 2. The van der Waals surface area contributed by atoms with Gasteiger partial charge >= 0.3 is 0 Å². The molecule has 8 nitrogen and oxygen atoms in total. The molecule has 0 saturated carbocycles. The van der Waals surface area contributed by atoms with Crippen molar-refractivity contribution in [1.29, 1.82) is 0 Å². The third-order valence-corrected chi connectivity index (χ3v) is 3.63. The second kappa shape index (κ2) is 8.86. The molecule has 2 aromatic carbocycles. The molecule has 8 heteroatoms. The van der Waals surface area contributed by atoms with E-state index in [1.54, 1.807) is 18.2 Å². The molecule has 0 heterocycles. The number of aliphatic hydroxyl groups excluding tert-OH is 2. The summed E-state index contributed by atoms with van der Waals surface area (Å²) < 4.78 is 0. The summed E-state index contributed by atoms with van der Waals surface area (Å²) in [7, 11) is 0. The Kier molecular flexibility index (Phi) is 6.55. The summed E-state index contributed by atoms with van der Waals surface area (Å²) in [5, 5.41) is 37.3. The minimum absolute atomic E-state index is 0.0157. The van der Waals surface area contributed by atoms with Gasteiger partial charge in [-0.25, -0.2) is 0 Å². The predicted molar refractivity (Wildman–Crippen MR) is 94.8 cm³/mol. The SMILES string of the molecule is Cc1cc(N(CCO)CCO)ccc1N=Nc1ccccc1[N+](=O)[O-]. The standard InChI is InChI=1S/C17H20N4O4/c1-13-12-14(20(8-10-22)9-11-23)6-7-15(13)18-19-16-4-2-3-5-17(16)21(24)25/h2-7,12,22-23H,8-11H2,1H3. The largest absolute Gasteiger partial charge is 0.395 e. The van der Waals surface area contributed by atoms with Crippen LogP contribution in [0.25, 0.3) is 0 Å². The number of nitro benzene ring substituents is 1. The molecule has 0 radical (unpaired) electrons. The van der Waals surface area contributed by atoms with Crippen LogP contribution in [0.5, 0.6) is 0 Å². The molecule has 0 aromatic heterocycles. The Morgan fingerprint density at radius 3 is 2.28 bits per heavy atom. The molecule has 0 aliphatic carbocycles. The quantitative estimate of drug-likeness (QED) is 0.434. The van der Waals surface area contributed by atoms with E-state index in [1.807, 2.05) is 24.0 Å². The van der Waals surface area contributed by atoms with E-state index in [-0.39, 0.29) is 24.6 Å². The van der Waals surface area contributed by atoms with Gasteiger partial charge in [0.1, 0.15) is 0 Å². The molecule has 0 amide bonds. The maximum absolute atomic E-state index is 11.0. The second-order valence-electron chi connectivity index (χ2n) is 5.35. The normalized spacial score (nSPS) is 11.0. The first-order valence-electron chi connectivity index (χ1n) is 7.79. The van der Waals surface area contributed by atoms with E-state index >= 15 is 0 Å². The minimum Gasteiger partial charge on any atom is -0.395 e. The van der Waals surface area contributed by atoms with Gasteiger partial charge in [-0.3, -0.25) is 10.1 Å². The van der Waals surface area contributed by atoms with E-state index in [1.165, 1.54) is 12.1 Å². The summed E-state index contributed by atoms with van der Waals surface area (Å²) in [6.45, 7) is 2.65. The average molecular weight is 344 g/mol. The highest BCUT2D eigenvalue weighted by molar-refractivity contribution is 5.59. The molecule has 0 saturated heterocycles. The van der Waals surface area contributed by atoms with Crippen molar-refractivity contribution in [3.63, 3.8) is 0 Å². The van der Waals surface area contributed by atoms with Crippen LogP contribution in [-0.4, -0.2) is 41.4 Å². The van der Waals surface area contributed by atoms with E-state index in [4.69, 9.17) is 10.2 Å². The third kappa shape index (κ3) is 4.82. The number of rotatable bonds is 8. The monoisotopic (exact) mass is 344 g/mol. The molecule has 25 heavy (non-hydrogen) atoms. The van der Waals surface area contributed by atoms with Crippen LogP contribution in [0.4, 0.5) is 22.7 Å². The van der Waals surface area contributed by atoms with Gasteiger partial charge < -0.3 is 15.1 Å². The van der Waals surface area contributed by atoms with Crippen molar-refractivity contribution in [1.82, 2.24) is 0 Å². The molecule has 0 aliphatic rings. The van der Waals surface area contributed by atoms with E-state index in [9.17, 15) is 10.1 Å². The Morgan fingerprint density at radius 2 is 1.68 bits per heavy atom. The highest BCUT2D eigenvalue weighted by Gasteiger charge is 2.12. The number of para-hydroxylation sites is 1. The van der Waals surface area contributed by atoms with Crippen LogP contribution in [0.3, 0.4) is 0 Å². The Hall–Kier alpha value is -2.84. The molecule has 2 N–H and O–H groups in total. The lowest BCUT2D eigenvalue weighted by molar-refractivity contribution is -0.384. The van der Waals surface area contributed by atoms with Gasteiger partial charge in [-0.1, -0.05) is 12.1 Å². The maximum atomic E-state index is 11.0. The zero-order valence-electron chi connectivity index (χ0n) is 13.9. The van der Waals surface area contributed by atoms with Crippen LogP contribution in [-0.2, 0) is 0 Å². The smallest absolute Gasteiger partial charge is 0.296 e. The van der Waals surface area contributed by atoms with E-state index in [0.717, 1.165) is 11.3 Å². The lowest BCUT2D eigenvalue weighted by Gasteiger charge is -2.23. The van der Waals surface area contributed by atoms with Gasteiger partial charge in [0, 0.05) is 24.8 Å². The minimum atomic E-state index is -0.494. The molecule has 2 aromatic rings. The Morgan fingerprint density at radius 1 is 1.04 bits per heavy atom. The molecular weight excluding hydrogens is 324 g/mol. The predicted octanol–water partition coefficient (Wildman–Crippen LogP) is 3.11. The first-order valence-corrected chi connectivity index (χ1v) is 7.79. The summed E-state index contributed by atoms with van der Waals surface area (Å²) >= 11 is 0. The van der Waals surface area contributed by atoms with Gasteiger partial charge in [-0.15, -0.1) is 5.11 Å². The molecule has 0 fully saturated rings. The van der Waals surface area contributed by atoms with Gasteiger partial charge in [0.2, 0.25) is 0 Å². The van der Waals surface area contributed by atoms with Gasteiger partial charge in [-0.2, -0.15) is 5.11 Å². The lowest BCUT2D eigenvalue weighted by Crippen LogP contribution is -2.29. The number of benzene rings is 2. The summed E-state index contributed by atoms with van der Waals surface area (Å²) in [5.41, 5.74) is 2.37. The van der Waals surface area contributed by atoms with Crippen molar-refractivity contribution in [2.75, 3.05) is 31.2 Å². The summed E-state index contributed by atoms with van der Waals surface area (Å²) in [5.74, 6) is 0. The maximum Gasteiger partial charge on any atom is 0.296 e. The van der Waals surface area contributed by atoms with Gasteiger partial charge in [0.15, 0.2) is 5.69 Å². The van der Waals surface area contributed by atoms with E-state index in [0.29, 0.717) is 18.8 Å². The summed E-state index contributed by atoms with van der Waals surface area (Å²) in [6.07, 6.45) is 0. The summed E-state index contributed by atoms with van der Waals surface area (Å²) in [6, 6.07) is 11.6. The number of nitrogens with zero attached hydrogens (tertiary/aromatic N) is 4. The van der Waals surface area contributed by atoms with Crippen molar-refractivity contribution in [2.24, 2.45) is 10.2 Å². The van der Waals surface area contributed by atoms with Crippen LogP contribution in [0.2, 0.25) is 0 Å². The number of aryl methyl sites for hydroxylation is 1. The molecule has 0 atom stereocenters. The molecule has 0 spiro atoms. The van der Waals surface area contributed by atoms with Crippen LogP contribution in [0, 0.1) is 17.0 Å². The van der Waals surface area contributed by atoms with Crippen molar-refractivity contribution < 1.29 is 15.1 Å². The fraction of sp³-hybridized carbons (Fsp3) is 0.294. The van der Waals surface area contributed by atoms with E-state index < -0.39 is 4.92 Å². The molecule has 0 unspecified atom stereocenters. The Bertz CT molecular complexity index is 758. The van der Waals surface area contributed by atoms with Gasteiger partial charge in [0.05, 0.1) is 23.8 Å². The molecule has 132 valence electrons. The van der Waals surface area contributed by atoms with Crippen molar-refractivity contribution in [2.45, 2.75) is 6.92 Å². The van der Waals surface area contributed by atoms with Crippen LogP contribution in [0.15, 0.2) is 52.7 Å². The first kappa shape index (κ1) is 18.5. The van der Waals surface area contributed by atoms with Crippen molar-refractivity contribution >= 4 is 22.7 Å². The average Bonchev–Trinajstić information content (AvgIpc) is 2.60. The zero-order valence-corrected chi connectivity index (χ0v) is 13.9. The van der Waals surface area contributed by atoms with Crippen molar-refractivity contribution in [3.05, 3.63) is 58.1 Å². The van der Waals surface area contributed by atoms with Crippen LogP contribution in [0.1, 0.15) is 5.56 Å². The highest BCUT2D eigenvalue weighted by atomic mass is 16.6. The van der Waals surface area contributed by atoms with E-state index in [2.05, 4.69) is 10.2 Å². The number of anilines is 1. The van der Waals surface area contributed by atoms with Crippen molar-refractivity contribution in [3.8, 4) is 0 Å². The molecular formula is C17H20N4O4. The number of hydrogen-bond acceptors (Lipinski definition) is 7. The third-order valence-electron chi connectivity index (χ3n) is 3.63. The lowest BCUT2D eigenvalue weighted by atomic mass is 10.1. The van der Waals surface area contributed by atoms with Gasteiger partial charge in [0.25, 0.3) is 5.69 Å². The fourth-order valence-corrected chi connectivity index (χ4v) is 2.37. The topological polar surface area (TPSA) is 112 Å². The molecule has 2 rings (SSSR count). The van der Waals surface area contributed by atoms with Crippen LogP contribution < -0.4 is 4.90 Å². The number of nitro groups is 1. The highest BCUT2D eigenvalue weighted by Crippen LogP contribution is 2.30. The Balaban J connectivity index is 2.25. The zero-order chi connectivity index (χ0) is 18.2. The number of aliphatic hydroxyl groups is 2. The van der Waals surface area contributed by atoms with Gasteiger partial charge in [-0.05, 0) is 36.8 Å². The number of azo groups is 1. The fourth-order valence-electron chi connectivity index (χ4n) is 2.37. The molecule has 0 aliphatic heterocycles.